The lowest BCUT2D eigenvalue weighted by atomic mass is 10.2. The van der Waals surface area contributed by atoms with E-state index in [0.29, 0.717) is 13.1 Å². The van der Waals surface area contributed by atoms with Crippen LogP contribution in [0.15, 0.2) is 35.7 Å². The summed E-state index contributed by atoms with van der Waals surface area (Å²) < 4.78 is 10.6. The van der Waals surface area contributed by atoms with Crippen molar-refractivity contribution in [2.24, 2.45) is 0 Å². The number of hydrogen-bond donors (Lipinski definition) is 2. The van der Waals surface area contributed by atoms with Gasteiger partial charge in [0, 0.05) is 18.0 Å². The minimum Gasteiger partial charge on any atom is -0.454 e. The van der Waals surface area contributed by atoms with Crippen LogP contribution in [0, 0.1) is 0 Å². The minimum absolute atomic E-state index is 0.168. The molecule has 0 radical (unpaired) electrons. The molecule has 2 N–H and O–H groups in total. The maximum atomic E-state index is 12.1. The molecular formula is C17H21N3O3S. The van der Waals surface area contributed by atoms with Crippen molar-refractivity contribution in [3.63, 3.8) is 0 Å². The van der Waals surface area contributed by atoms with Gasteiger partial charge in [0.2, 0.25) is 6.79 Å². The first-order chi connectivity index (χ1) is 11.6. The third-order valence-corrected chi connectivity index (χ3v) is 4.81. The summed E-state index contributed by atoms with van der Waals surface area (Å²) in [5.74, 6) is 1.47. The molecule has 2 heterocycles. The molecule has 1 unspecified atom stereocenters. The molecule has 128 valence electrons. The van der Waals surface area contributed by atoms with Crippen molar-refractivity contribution in [1.29, 1.82) is 0 Å². The predicted molar refractivity (Wildman–Crippen MR) is 93.6 cm³/mol. The van der Waals surface area contributed by atoms with E-state index in [2.05, 4.69) is 21.6 Å². The van der Waals surface area contributed by atoms with Crippen LogP contribution in [0.4, 0.5) is 4.79 Å². The molecule has 0 spiro atoms. The highest BCUT2D eigenvalue weighted by Crippen LogP contribution is 2.32. The maximum Gasteiger partial charge on any atom is 0.315 e. The van der Waals surface area contributed by atoms with Crippen molar-refractivity contribution in [2.45, 2.75) is 12.6 Å². The lowest BCUT2D eigenvalue weighted by Gasteiger charge is -2.23. The Hall–Kier alpha value is -2.25. The van der Waals surface area contributed by atoms with Gasteiger partial charge < -0.3 is 25.0 Å². The Bertz CT molecular complexity index is 688. The lowest BCUT2D eigenvalue weighted by Crippen LogP contribution is -2.40. The van der Waals surface area contributed by atoms with Gasteiger partial charge in [-0.2, -0.15) is 0 Å². The van der Waals surface area contributed by atoms with Gasteiger partial charge in [-0.3, -0.25) is 0 Å². The second-order valence-corrected chi connectivity index (χ2v) is 6.73. The summed E-state index contributed by atoms with van der Waals surface area (Å²) in [7, 11) is 4.02. The van der Waals surface area contributed by atoms with Gasteiger partial charge in [-0.05, 0) is 43.2 Å². The van der Waals surface area contributed by atoms with Gasteiger partial charge in [-0.15, -0.1) is 11.3 Å². The van der Waals surface area contributed by atoms with E-state index in [-0.39, 0.29) is 18.9 Å². The first-order valence-corrected chi connectivity index (χ1v) is 8.61. The molecule has 1 aliphatic heterocycles. The Kier molecular flexibility index (Phi) is 5.22. The monoisotopic (exact) mass is 347 g/mol. The Labute approximate surface area is 145 Å². The average molecular weight is 347 g/mol. The number of carbonyl (C=O) groups excluding carboxylic acids is 1. The lowest BCUT2D eigenvalue weighted by molar-refractivity contribution is 0.174. The van der Waals surface area contributed by atoms with Crippen molar-refractivity contribution in [2.75, 3.05) is 27.4 Å². The van der Waals surface area contributed by atoms with Gasteiger partial charge in [0.1, 0.15) is 0 Å². The number of nitrogens with zero attached hydrogens (tertiary/aromatic N) is 1. The fourth-order valence-corrected chi connectivity index (χ4v) is 3.43. The molecule has 3 rings (SSSR count). The standard InChI is InChI=1S/C17H21N3O3S/c1-20(2)13(16-4-3-7-24-16)10-19-17(21)18-9-12-5-6-14-15(8-12)23-11-22-14/h3-8,13H,9-11H2,1-2H3,(H2,18,19,21). The Morgan fingerprint density at radius 1 is 1.25 bits per heavy atom. The highest BCUT2D eigenvalue weighted by Gasteiger charge is 2.16. The van der Waals surface area contributed by atoms with E-state index >= 15 is 0 Å². The van der Waals surface area contributed by atoms with Gasteiger partial charge in [0.05, 0.1) is 6.04 Å². The molecule has 2 amide bonds. The number of carbonyl (C=O) groups is 1. The molecule has 0 saturated carbocycles. The molecule has 1 aliphatic rings. The molecule has 6 nitrogen and oxygen atoms in total. The molecule has 2 aromatic rings. The molecule has 24 heavy (non-hydrogen) atoms. The first-order valence-electron chi connectivity index (χ1n) is 7.73. The number of nitrogens with one attached hydrogen (secondary N) is 2. The van der Waals surface area contributed by atoms with Crippen LogP contribution >= 0.6 is 11.3 Å². The van der Waals surface area contributed by atoms with Crippen LogP contribution in [0.2, 0.25) is 0 Å². The Balaban J connectivity index is 1.49. The van der Waals surface area contributed by atoms with Crippen LogP contribution in [0.1, 0.15) is 16.5 Å². The Morgan fingerprint density at radius 2 is 2.08 bits per heavy atom. The summed E-state index contributed by atoms with van der Waals surface area (Å²) in [5, 5.41) is 7.85. The van der Waals surface area contributed by atoms with E-state index in [9.17, 15) is 4.79 Å². The van der Waals surface area contributed by atoms with Crippen LogP contribution in [-0.2, 0) is 6.54 Å². The van der Waals surface area contributed by atoms with E-state index in [4.69, 9.17) is 9.47 Å². The van der Waals surface area contributed by atoms with Crippen molar-refractivity contribution >= 4 is 17.4 Å². The Morgan fingerprint density at radius 3 is 2.83 bits per heavy atom. The summed E-state index contributed by atoms with van der Waals surface area (Å²) >= 11 is 1.69. The van der Waals surface area contributed by atoms with Gasteiger partial charge in [0.25, 0.3) is 0 Å². The number of benzene rings is 1. The van der Waals surface area contributed by atoms with Crippen molar-refractivity contribution in [3.05, 3.63) is 46.2 Å². The molecule has 0 saturated heterocycles. The van der Waals surface area contributed by atoms with Crippen LogP contribution < -0.4 is 20.1 Å². The van der Waals surface area contributed by atoms with Crippen LogP contribution in [-0.4, -0.2) is 38.4 Å². The third kappa shape index (κ3) is 3.98. The molecule has 0 fully saturated rings. The molecule has 1 aromatic heterocycles. The van der Waals surface area contributed by atoms with Crippen LogP contribution in [0.25, 0.3) is 0 Å². The highest BCUT2D eigenvalue weighted by molar-refractivity contribution is 7.10. The third-order valence-electron chi connectivity index (χ3n) is 3.84. The highest BCUT2D eigenvalue weighted by atomic mass is 32.1. The minimum atomic E-state index is -0.184. The summed E-state index contributed by atoms with van der Waals surface area (Å²) in [4.78, 5) is 15.4. The van der Waals surface area contributed by atoms with Gasteiger partial charge >= 0.3 is 6.03 Å². The average Bonchev–Trinajstić information content (AvgIpc) is 3.23. The molecular weight excluding hydrogens is 326 g/mol. The second kappa shape index (κ2) is 7.55. The van der Waals surface area contributed by atoms with Crippen molar-refractivity contribution in [3.8, 4) is 11.5 Å². The topological polar surface area (TPSA) is 62.8 Å². The van der Waals surface area contributed by atoms with E-state index in [1.54, 1.807) is 11.3 Å². The second-order valence-electron chi connectivity index (χ2n) is 5.75. The smallest absolute Gasteiger partial charge is 0.315 e. The quantitative estimate of drug-likeness (QED) is 0.843. The molecule has 0 aliphatic carbocycles. The van der Waals surface area contributed by atoms with E-state index in [1.807, 2.05) is 43.7 Å². The van der Waals surface area contributed by atoms with Crippen molar-refractivity contribution in [1.82, 2.24) is 15.5 Å². The molecule has 7 heteroatoms. The van der Waals surface area contributed by atoms with E-state index in [1.165, 1.54) is 4.88 Å². The zero-order valence-corrected chi connectivity index (χ0v) is 14.6. The van der Waals surface area contributed by atoms with Gasteiger partial charge in [0.15, 0.2) is 11.5 Å². The number of amides is 2. The summed E-state index contributed by atoms with van der Waals surface area (Å²) in [6, 6.07) is 9.75. The number of urea groups is 1. The van der Waals surface area contributed by atoms with Gasteiger partial charge in [-0.1, -0.05) is 12.1 Å². The molecule has 0 bridgehead atoms. The first kappa shape index (κ1) is 16.6. The number of rotatable bonds is 6. The van der Waals surface area contributed by atoms with Crippen LogP contribution in [0.3, 0.4) is 0 Å². The molecule has 1 aromatic carbocycles. The fourth-order valence-electron chi connectivity index (χ4n) is 2.50. The van der Waals surface area contributed by atoms with Gasteiger partial charge in [-0.25, -0.2) is 4.79 Å². The molecule has 1 atom stereocenters. The van der Waals surface area contributed by atoms with Crippen LogP contribution in [0.5, 0.6) is 11.5 Å². The zero-order valence-electron chi connectivity index (χ0n) is 13.7. The summed E-state index contributed by atoms with van der Waals surface area (Å²) in [5.41, 5.74) is 0.969. The van der Waals surface area contributed by atoms with Crippen molar-refractivity contribution < 1.29 is 14.3 Å². The normalized spacial score (nSPS) is 13.8. The zero-order chi connectivity index (χ0) is 16.9. The SMILES string of the molecule is CN(C)C(CNC(=O)NCc1ccc2c(c1)OCO2)c1cccs1. The number of hydrogen-bond acceptors (Lipinski definition) is 5. The fraction of sp³-hybridized carbons (Fsp3) is 0.353. The number of fused-ring (bicyclic) bond motifs is 1. The summed E-state index contributed by atoms with van der Waals surface area (Å²) in [6.45, 7) is 1.25. The predicted octanol–water partition coefficient (Wildman–Crippen LogP) is 2.58. The summed E-state index contributed by atoms with van der Waals surface area (Å²) in [6.07, 6.45) is 0. The number of ether oxygens (including phenoxy) is 2. The largest absolute Gasteiger partial charge is 0.454 e. The maximum absolute atomic E-state index is 12.1. The number of likely N-dealkylation sites (N-methyl/N-ethyl adjacent to an activating group) is 1. The van der Waals surface area contributed by atoms with E-state index in [0.717, 1.165) is 17.1 Å². The van der Waals surface area contributed by atoms with E-state index < -0.39 is 0 Å². The number of thiophene rings is 1.